The van der Waals surface area contributed by atoms with E-state index in [1.807, 2.05) is 6.07 Å². The number of nitrogens with zero attached hydrogens (tertiary/aromatic N) is 2. The second kappa shape index (κ2) is 11.3. The number of aryl methyl sites for hydroxylation is 1. The minimum absolute atomic E-state index is 0.0652. The predicted molar refractivity (Wildman–Crippen MR) is 156 cm³/mol. The van der Waals surface area contributed by atoms with Gasteiger partial charge in [0.25, 0.3) is 21.6 Å². The van der Waals surface area contributed by atoms with Gasteiger partial charge < -0.3 is 9.15 Å². The molecule has 0 radical (unpaired) electrons. The van der Waals surface area contributed by atoms with Crippen LogP contribution in [0.15, 0.2) is 106 Å². The van der Waals surface area contributed by atoms with E-state index in [2.05, 4.69) is 0 Å². The zero-order valence-corrected chi connectivity index (χ0v) is 23.3. The van der Waals surface area contributed by atoms with Gasteiger partial charge in [-0.15, -0.1) is 0 Å². The minimum Gasteiger partial charge on any atom is -0.462 e. The molecular weight excluding hydrogens is 560 g/mol. The number of carbonyl (C=O) groups is 2. The lowest BCUT2D eigenvalue weighted by molar-refractivity contribution is -0.384. The van der Waals surface area contributed by atoms with Gasteiger partial charge >= 0.3 is 5.97 Å². The van der Waals surface area contributed by atoms with E-state index >= 15 is 0 Å². The Morgan fingerprint density at radius 3 is 2.31 bits per heavy atom. The first-order valence-electron chi connectivity index (χ1n) is 12.8. The van der Waals surface area contributed by atoms with Crippen molar-refractivity contribution in [2.75, 3.05) is 10.9 Å². The highest BCUT2D eigenvalue weighted by Crippen LogP contribution is 2.38. The Bertz CT molecular complexity index is 1930. The predicted octanol–water partition coefficient (Wildman–Crippen LogP) is 6.53. The van der Waals surface area contributed by atoms with Crippen molar-refractivity contribution in [2.24, 2.45) is 0 Å². The van der Waals surface area contributed by atoms with Crippen molar-refractivity contribution in [3.8, 4) is 11.3 Å². The van der Waals surface area contributed by atoms with E-state index in [0.29, 0.717) is 9.87 Å². The summed E-state index contributed by atoms with van der Waals surface area (Å²) in [5, 5.41) is 11.6. The van der Waals surface area contributed by atoms with E-state index in [0.717, 1.165) is 11.6 Å². The number of esters is 1. The number of benzene rings is 4. The number of sulfonamides is 1. The fourth-order valence-electron chi connectivity index (χ4n) is 4.46. The molecule has 0 atom stereocenters. The van der Waals surface area contributed by atoms with E-state index < -0.39 is 26.8 Å². The highest BCUT2D eigenvalue weighted by atomic mass is 32.2. The molecule has 11 heteroatoms. The number of carbonyl (C=O) groups excluding carboxylic acids is 2. The summed E-state index contributed by atoms with van der Waals surface area (Å²) in [5.74, 6) is -1.49. The molecule has 0 aliphatic carbocycles. The maximum absolute atomic E-state index is 14.0. The molecule has 212 valence electrons. The molecule has 4 aromatic carbocycles. The van der Waals surface area contributed by atoms with Gasteiger partial charge in [-0.2, -0.15) is 4.31 Å². The second-order valence-electron chi connectivity index (χ2n) is 9.27. The Hall–Kier alpha value is -5.29. The fourth-order valence-corrected chi connectivity index (χ4v) is 5.87. The smallest absolute Gasteiger partial charge is 0.342 e. The third-order valence-corrected chi connectivity index (χ3v) is 8.19. The Balaban J connectivity index is 1.75. The molecule has 0 bridgehead atoms. The molecule has 5 rings (SSSR count). The van der Waals surface area contributed by atoms with Gasteiger partial charge in [0, 0.05) is 28.6 Å². The zero-order valence-electron chi connectivity index (χ0n) is 22.5. The van der Waals surface area contributed by atoms with Crippen LogP contribution < -0.4 is 4.31 Å². The molecule has 0 aliphatic heterocycles. The molecule has 1 amide bonds. The van der Waals surface area contributed by atoms with Gasteiger partial charge in [0.05, 0.1) is 22.1 Å². The van der Waals surface area contributed by atoms with E-state index in [1.54, 1.807) is 50.2 Å². The number of anilines is 1. The summed E-state index contributed by atoms with van der Waals surface area (Å²) in [7, 11) is -4.54. The third kappa shape index (κ3) is 5.25. The first-order chi connectivity index (χ1) is 20.1. The summed E-state index contributed by atoms with van der Waals surface area (Å²) in [6.07, 6.45) is 0. The maximum atomic E-state index is 14.0. The van der Waals surface area contributed by atoms with Gasteiger partial charge in [0.2, 0.25) is 0 Å². The quantitative estimate of drug-likeness (QED) is 0.114. The average Bonchev–Trinajstić information content (AvgIpc) is 3.37. The lowest BCUT2D eigenvalue weighted by Gasteiger charge is -2.23. The average molecular weight is 585 g/mol. The molecule has 0 aliphatic rings. The summed E-state index contributed by atoms with van der Waals surface area (Å²) in [5.41, 5.74) is 1.02. The van der Waals surface area contributed by atoms with Crippen LogP contribution >= 0.6 is 0 Å². The number of ether oxygens (including phenoxy) is 1. The van der Waals surface area contributed by atoms with Gasteiger partial charge in [-0.1, -0.05) is 54.1 Å². The second-order valence-corrected chi connectivity index (χ2v) is 11.1. The maximum Gasteiger partial charge on any atom is 0.342 e. The highest BCUT2D eigenvalue weighted by Gasteiger charge is 2.34. The number of furan rings is 1. The Labute approximate surface area is 241 Å². The van der Waals surface area contributed by atoms with Gasteiger partial charge in [-0.25, -0.2) is 13.2 Å². The van der Waals surface area contributed by atoms with E-state index in [1.165, 1.54) is 48.5 Å². The topological polar surface area (TPSA) is 137 Å². The molecule has 1 heterocycles. The number of nitro groups is 1. The summed E-state index contributed by atoms with van der Waals surface area (Å²) in [6.45, 7) is 3.52. The van der Waals surface area contributed by atoms with Crippen molar-refractivity contribution in [1.82, 2.24) is 0 Å². The molecule has 0 saturated heterocycles. The Kier molecular flexibility index (Phi) is 7.60. The zero-order chi connectivity index (χ0) is 30.0. The van der Waals surface area contributed by atoms with Crippen molar-refractivity contribution in [1.29, 1.82) is 0 Å². The van der Waals surface area contributed by atoms with Crippen molar-refractivity contribution >= 4 is 44.2 Å². The standard InChI is InChI=1S/C31H24N2O8S/c1-3-40-31(35)28-26-19-23(14-17-27(26)41-29(28)21-8-5-4-6-9-21)32(42(38,39)25-15-12-20(2)13-16-25)30(34)22-10-7-11-24(18-22)33(36)37/h4-19H,3H2,1-2H3. The van der Waals surface area contributed by atoms with Crippen LogP contribution in [0.25, 0.3) is 22.3 Å². The van der Waals surface area contributed by atoms with Crippen LogP contribution in [0.4, 0.5) is 11.4 Å². The Morgan fingerprint density at radius 2 is 1.64 bits per heavy atom. The van der Waals surface area contributed by atoms with Gasteiger partial charge in [-0.3, -0.25) is 14.9 Å². The van der Waals surface area contributed by atoms with E-state index in [9.17, 15) is 28.1 Å². The largest absolute Gasteiger partial charge is 0.462 e. The van der Waals surface area contributed by atoms with E-state index in [-0.39, 0.29) is 50.7 Å². The lowest BCUT2D eigenvalue weighted by Crippen LogP contribution is -2.37. The van der Waals surface area contributed by atoms with Crippen LogP contribution in [-0.2, 0) is 14.8 Å². The molecule has 0 saturated carbocycles. The molecular formula is C31H24N2O8S. The van der Waals surface area contributed by atoms with Crippen molar-refractivity contribution in [2.45, 2.75) is 18.7 Å². The number of rotatable bonds is 8. The van der Waals surface area contributed by atoms with Crippen LogP contribution in [0.3, 0.4) is 0 Å². The highest BCUT2D eigenvalue weighted by molar-refractivity contribution is 7.93. The number of non-ortho nitro benzene ring substituents is 1. The van der Waals surface area contributed by atoms with Gasteiger partial charge in [0.1, 0.15) is 16.9 Å². The number of hydrogen-bond donors (Lipinski definition) is 0. The van der Waals surface area contributed by atoms with Gasteiger partial charge in [0.15, 0.2) is 0 Å². The fraction of sp³-hybridized carbons (Fsp3) is 0.0968. The van der Waals surface area contributed by atoms with Crippen LogP contribution in [0.2, 0.25) is 0 Å². The van der Waals surface area contributed by atoms with Crippen LogP contribution in [-0.4, -0.2) is 31.8 Å². The van der Waals surface area contributed by atoms with Crippen molar-refractivity contribution in [3.05, 3.63) is 124 Å². The normalized spacial score (nSPS) is 11.3. The molecule has 0 fully saturated rings. The molecule has 10 nitrogen and oxygen atoms in total. The molecule has 5 aromatic rings. The number of nitro benzene ring substituents is 1. The summed E-state index contributed by atoms with van der Waals surface area (Å²) in [4.78, 5) is 37.6. The molecule has 0 spiro atoms. The summed E-state index contributed by atoms with van der Waals surface area (Å²) in [6, 6.07) is 23.8. The van der Waals surface area contributed by atoms with E-state index in [4.69, 9.17) is 9.15 Å². The SMILES string of the molecule is CCOC(=O)c1c(-c2ccccc2)oc2ccc(N(C(=O)c3cccc([N+](=O)[O-])c3)S(=O)(=O)c3ccc(C)cc3)cc12. The summed E-state index contributed by atoms with van der Waals surface area (Å²) >= 11 is 0. The first kappa shape index (κ1) is 28.2. The van der Waals surface area contributed by atoms with Gasteiger partial charge in [-0.05, 0) is 50.2 Å². The lowest BCUT2D eigenvalue weighted by atomic mass is 10.1. The number of hydrogen-bond acceptors (Lipinski definition) is 8. The number of fused-ring (bicyclic) bond motifs is 1. The molecule has 0 unspecified atom stereocenters. The van der Waals surface area contributed by atoms with Crippen molar-refractivity contribution in [3.63, 3.8) is 0 Å². The van der Waals surface area contributed by atoms with Crippen LogP contribution in [0.1, 0.15) is 33.2 Å². The first-order valence-corrected chi connectivity index (χ1v) is 14.3. The molecule has 0 N–H and O–H groups in total. The molecule has 42 heavy (non-hydrogen) atoms. The minimum atomic E-state index is -4.54. The van der Waals surface area contributed by atoms with Crippen LogP contribution in [0.5, 0.6) is 0 Å². The van der Waals surface area contributed by atoms with Crippen molar-refractivity contribution < 1.29 is 32.1 Å². The number of amides is 1. The molecule has 1 aromatic heterocycles. The van der Waals surface area contributed by atoms with Crippen LogP contribution in [0, 0.1) is 17.0 Å². The summed E-state index contributed by atoms with van der Waals surface area (Å²) < 4.78 is 39.9. The Morgan fingerprint density at radius 1 is 0.929 bits per heavy atom. The monoisotopic (exact) mass is 584 g/mol. The third-order valence-electron chi connectivity index (χ3n) is 6.47.